The zero-order chi connectivity index (χ0) is 20.4. The third-order valence-electron chi connectivity index (χ3n) is 5.55. The highest BCUT2D eigenvalue weighted by molar-refractivity contribution is 7.88. The van der Waals surface area contributed by atoms with Crippen molar-refractivity contribution in [2.24, 2.45) is 0 Å². The van der Waals surface area contributed by atoms with Crippen molar-refractivity contribution in [1.82, 2.24) is 9.21 Å². The molecule has 1 saturated heterocycles. The van der Waals surface area contributed by atoms with E-state index in [2.05, 4.69) is 0 Å². The van der Waals surface area contributed by atoms with Gasteiger partial charge in [0, 0.05) is 30.8 Å². The molecule has 6 nitrogen and oxygen atoms in total. The summed E-state index contributed by atoms with van der Waals surface area (Å²) in [5.41, 5.74) is 2.07. The van der Waals surface area contributed by atoms with Gasteiger partial charge < -0.3 is 9.64 Å². The molecule has 0 aromatic heterocycles. The maximum Gasteiger partial charge on any atom is 0.253 e. The summed E-state index contributed by atoms with van der Waals surface area (Å²) in [4.78, 5) is 14.6. The fraction of sp³-hybridized carbons (Fsp3) is 0.409. The Kier molecular flexibility index (Phi) is 5.61. The number of hydrogen-bond acceptors (Lipinski definition) is 4. The normalized spacial score (nSPS) is 20.0. The number of rotatable bonds is 4. The molecule has 1 fully saturated rings. The third-order valence-corrected chi connectivity index (χ3v) is 7.45. The molecule has 2 aliphatic rings. The number of ether oxygens (including phenoxy) is 1. The van der Waals surface area contributed by atoms with Gasteiger partial charge in [-0.1, -0.05) is 30.3 Å². The molecule has 1 atom stereocenters. The van der Waals surface area contributed by atoms with Crippen LogP contribution in [0.1, 0.15) is 41.3 Å². The fourth-order valence-corrected chi connectivity index (χ4v) is 5.66. The molecule has 2 aliphatic heterocycles. The van der Waals surface area contributed by atoms with Crippen molar-refractivity contribution >= 4 is 15.9 Å². The van der Waals surface area contributed by atoms with Crippen LogP contribution in [0.15, 0.2) is 48.5 Å². The van der Waals surface area contributed by atoms with Gasteiger partial charge in [-0.15, -0.1) is 0 Å². The number of hydrogen-bond donors (Lipinski definition) is 0. The number of likely N-dealkylation sites (tertiary alicyclic amines) is 1. The quantitative estimate of drug-likeness (QED) is 0.771. The molecular weight excluding hydrogens is 388 g/mol. The minimum Gasteiger partial charge on any atom is -0.492 e. The van der Waals surface area contributed by atoms with Crippen molar-refractivity contribution < 1.29 is 17.9 Å². The predicted molar refractivity (Wildman–Crippen MR) is 111 cm³/mol. The van der Waals surface area contributed by atoms with Gasteiger partial charge in [0.25, 0.3) is 5.91 Å². The monoisotopic (exact) mass is 414 g/mol. The van der Waals surface area contributed by atoms with Crippen LogP contribution in [-0.2, 0) is 22.3 Å². The van der Waals surface area contributed by atoms with E-state index in [4.69, 9.17) is 4.74 Å². The van der Waals surface area contributed by atoms with Crippen LogP contribution >= 0.6 is 0 Å². The summed E-state index contributed by atoms with van der Waals surface area (Å²) < 4.78 is 33.7. The van der Waals surface area contributed by atoms with Gasteiger partial charge in [-0.25, -0.2) is 8.42 Å². The number of sulfonamides is 1. The zero-order valence-electron chi connectivity index (χ0n) is 16.6. The Morgan fingerprint density at radius 2 is 1.83 bits per heavy atom. The maximum atomic E-state index is 13.2. The molecule has 2 aromatic rings. The van der Waals surface area contributed by atoms with E-state index in [-0.39, 0.29) is 30.9 Å². The first-order chi connectivity index (χ1) is 13.9. The predicted octanol–water partition coefficient (Wildman–Crippen LogP) is 3.04. The molecule has 0 bridgehead atoms. The van der Waals surface area contributed by atoms with Gasteiger partial charge >= 0.3 is 0 Å². The van der Waals surface area contributed by atoms with E-state index in [0.29, 0.717) is 11.3 Å². The largest absolute Gasteiger partial charge is 0.492 e. The average Bonchev–Trinajstić information content (AvgIpc) is 3.19. The van der Waals surface area contributed by atoms with Gasteiger partial charge in [-0.3, -0.25) is 4.79 Å². The van der Waals surface area contributed by atoms with E-state index >= 15 is 0 Å². The molecule has 2 heterocycles. The first kappa shape index (κ1) is 19.9. The summed E-state index contributed by atoms with van der Waals surface area (Å²) in [6.07, 6.45) is 2.06. The van der Waals surface area contributed by atoms with Crippen LogP contribution in [0.5, 0.6) is 5.75 Å². The summed E-state index contributed by atoms with van der Waals surface area (Å²) in [5.74, 6) is 0.591. The molecule has 0 radical (unpaired) electrons. The minimum absolute atomic E-state index is 0.00119. The standard InChI is InChI=1S/C22H26N2O4S/c1-17-15-28-21-10-9-19(22(25)23-11-5-6-12-23)13-20(21)14-24(17)29(26,27)16-18-7-3-2-4-8-18/h2-4,7-10,13,17H,5-6,11-12,14-16H2,1H3/t17-/m0/s1. The lowest BCUT2D eigenvalue weighted by molar-refractivity contribution is 0.0792. The smallest absolute Gasteiger partial charge is 0.253 e. The van der Waals surface area contributed by atoms with Crippen LogP contribution in [0.3, 0.4) is 0 Å². The highest BCUT2D eigenvalue weighted by Gasteiger charge is 2.32. The van der Waals surface area contributed by atoms with E-state index in [0.717, 1.165) is 37.1 Å². The summed E-state index contributed by atoms with van der Waals surface area (Å²) in [6.45, 7) is 3.89. The van der Waals surface area contributed by atoms with Crippen LogP contribution in [0.2, 0.25) is 0 Å². The molecule has 0 aliphatic carbocycles. The summed E-state index contributed by atoms with van der Waals surface area (Å²) in [7, 11) is -3.54. The number of carbonyl (C=O) groups is 1. The molecular formula is C22H26N2O4S. The second-order valence-electron chi connectivity index (χ2n) is 7.77. The lowest BCUT2D eigenvalue weighted by atomic mass is 10.1. The molecule has 0 saturated carbocycles. The van der Waals surface area contributed by atoms with E-state index < -0.39 is 10.0 Å². The van der Waals surface area contributed by atoms with E-state index in [1.54, 1.807) is 18.2 Å². The fourth-order valence-electron chi connectivity index (χ4n) is 3.94. The second kappa shape index (κ2) is 8.16. The Balaban J connectivity index is 1.60. The second-order valence-corrected chi connectivity index (χ2v) is 9.69. The van der Waals surface area contributed by atoms with Gasteiger partial charge in [0.1, 0.15) is 12.4 Å². The Bertz CT molecular complexity index is 985. The molecule has 0 N–H and O–H groups in total. The number of fused-ring (bicyclic) bond motifs is 1. The molecule has 29 heavy (non-hydrogen) atoms. The van der Waals surface area contributed by atoms with Crippen molar-refractivity contribution in [3.8, 4) is 5.75 Å². The molecule has 0 spiro atoms. The minimum atomic E-state index is -3.54. The number of amides is 1. The van der Waals surface area contributed by atoms with Crippen LogP contribution in [0, 0.1) is 0 Å². The molecule has 7 heteroatoms. The van der Waals surface area contributed by atoms with E-state index in [9.17, 15) is 13.2 Å². The topological polar surface area (TPSA) is 66.9 Å². The van der Waals surface area contributed by atoms with Crippen LogP contribution in [0.4, 0.5) is 0 Å². The highest BCUT2D eigenvalue weighted by Crippen LogP contribution is 2.29. The lowest BCUT2D eigenvalue weighted by Gasteiger charge is -2.25. The molecule has 0 unspecified atom stereocenters. The SMILES string of the molecule is C[C@H]1COc2ccc(C(=O)N3CCCC3)cc2CN1S(=O)(=O)Cc1ccccc1. The van der Waals surface area contributed by atoms with Gasteiger partial charge in [0.2, 0.25) is 10.0 Å². The first-order valence-corrected chi connectivity index (χ1v) is 11.6. The van der Waals surface area contributed by atoms with E-state index in [1.807, 2.05) is 42.2 Å². The average molecular weight is 415 g/mol. The third kappa shape index (κ3) is 4.31. The number of carbonyl (C=O) groups excluding carboxylic acids is 1. The van der Waals surface area contributed by atoms with Gasteiger partial charge in [0.15, 0.2) is 0 Å². The summed E-state index contributed by atoms with van der Waals surface area (Å²) in [5, 5.41) is 0. The van der Waals surface area contributed by atoms with Crippen LogP contribution < -0.4 is 4.74 Å². The van der Waals surface area contributed by atoms with Crippen molar-refractivity contribution in [2.45, 2.75) is 38.1 Å². The highest BCUT2D eigenvalue weighted by atomic mass is 32.2. The zero-order valence-corrected chi connectivity index (χ0v) is 17.4. The van der Waals surface area contributed by atoms with Crippen LogP contribution in [0.25, 0.3) is 0 Å². The Labute approximate surface area is 172 Å². The van der Waals surface area contributed by atoms with Crippen molar-refractivity contribution in [2.75, 3.05) is 19.7 Å². The lowest BCUT2D eigenvalue weighted by Crippen LogP contribution is -2.40. The first-order valence-electron chi connectivity index (χ1n) is 10.0. The summed E-state index contributed by atoms with van der Waals surface area (Å²) >= 11 is 0. The van der Waals surface area contributed by atoms with Crippen LogP contribution in [-0.4, -0.2) is 49.3 Å². The Morgan fingerprint density at radius 1 is 1.10 bits per heavy atom. The van der Waals surface area contributed by atoms with Gasteiger partial charge in [-0.05, 0) is 43.5 Å². The Hall–Kier alpha value is -2.38. The Morgan fingerprint density at radius 3 is 2.55 bits per heavy atom. The molecule has 2 aromatic carbocycles. The summed E-state index contributed by atoms with van der Waals surface area (Å²) in [6, 6.07) is 14.2. The maximum absolute atomic E-state index is 13.2. The molecule has 1 amide bonds. The number of benzene rings is 2. The van der Waals surface area contributed by atoms with Crippen molar-refractivity contribution in [3.05, 3.63) is 65.2 Å². The van der Waals surface area contributed by atoms with Gasteiger partial charge in [-0.2, -0.15) is 4.31 Å². The van der Waals surface area contributed by atoms with Gasteiger partial charge in [0.05, 0.1) is 11.8 Å². The molecule has 154 valence electrons. The van der Waals surface area contributed by atoms with E-state index in [1.165, 1.54) is 4.31 Å². The van der Waals surface area contributed by atoms with Crippen molar-refractivity contribution in [1.29, 1.82) is 0 Å². The molecule has 4 rings (SSSR count). The number of nitrogens with zero attached hydrogens (tertiary/aromatic N) is 2. The van der Waals surface area contributed by atoms with Crippen molar-refractivity contribution in [3.63, 3.8) is 0 Å².